The third-order valence-corrected chi connectivity index (χ3v) is 2.81. The Balaban J connectivity index is 2.07. The summed E-state index contributed by atoms with van der Waals surface area (Å²) < 4.78 is 1.28. The molecule has 0 spiro atoms. The number of carbonyl (C=O) groups is 1. The first-order chi connectivity index (χ1) is 10.5. The van der Waals surface area contributed by atoms with Gasteiger partial charge in [0.1, 0.15) is 0 Å². The molecule has 1 N–H and O–H groups in total. The quantitative estimate of drug-likeness (QED) is 0.517. The lowest BCUT2D eigenvalue weighted by Gasteiger charge is -2.01. The number of carbonyl (C=O) groups excluding carboxylic acids is 1. The van der Waals surface area contributed by atoms with Crippen LogP contribution in [0.5, 0.6) is 0 Å². The number of nitrogens with one attached hydrogen (secondary N) is 1. The number of hydrazone groups is 1. The van der Waals surface area contributed by atoms with Crippen molar-refractivity contribution in [2.75, 3.05) is 0 Å². The van der Waals surface area contributed by atoms with Crippen LogP contribution in [-0.2, 0) is 7.05 Å². The molecule has 0 fully saturated rings. The Labute approximate surface area is 124 Å². The molecule has 8 heteroatoms. The zero-order valence-corrected chi connectivity index (χ0v) is 11.6. The summed E-state index contributed by atoms with van der Waals surface area (Å²) in [6.07, 6.45) is 2.69. The smallest absolute Gasteiger partial charge is 0.272 e. The molecular weight excluding hydrogens is 288 g/mol. The van der Waals surface area contributed by atoms with Gasteiger partial charge in [0.2, 0.25) is 5.56 Å². The summed E-state index contributed by atoms with van der Waals surface area (Å²) in [4.78, 5) is 33.2. The van der Waals surface area contributed by atoms with Crippen LogP contribution < -0.4 is 11.0 Å². The van der Waals surface area contributed by atoms with E-state index in [1.807, 2.05) is 0 Å². The molecule has 1 amide bonds. The third kappa shape index (κ3) is 3.63. The second-order valence-corrected chi connectivity index (χ2v) is 4.42. The summed E-state index contributed by atoms with van der Waals surface area (Å²) in [6, 6.07) is 8.51. The van der Waals surface area contributed by atoms with E-state index in [0.717, 1.165) is 0 Å². The predicted molar refractivity (Wildman–Crippen MR) is 79.8 cm³/mol. The first-order valence-corrected chi connectivity index (χ1v) is 6.22. The Morgan fingerprint density at radius 2 is 2.14 bits per heavy atom. The van der Waals surface area contributed by atoms with E-state index in [0.29, 0.717) is 5.56 Å². The van der Waals surface area contributed by atoms with Crippen LogP contribution in [0.3, 0.4) is 0 Å². The number of aryl methyl sites for hydroxylation is 1. The van der Waals surface area contributed by atoms with Crippen molar-refractivity contribution in [3.63, 3.8) is 0 Å². The van der Waals surface area contributed by atoms with Crippen LogP contribution in [0.25, 0.3) is 0 Å². The van der Waals surface area contributed by atoms with E-state index in [1.165, 1.54) is 54.4 Å². The Morgan fingerprint density at radius 1 is 1.36 bits per heavy atom. The minimum absolute atomic E-state index is 0.0617. The molecule has 0 unspecified atom stereocenters. The molecule has 0 saturated carbocycles. The van der Waals surface area contributed by atoms with Crippen LogP contribution in [0.4, 0.5) is 5.69 Å². The van der Waals surface area contributed by atoms with E-state index in [4.69, 9.17) is 0 Å². The van der Waals surface area contributed by atoms with E-state index in [1.54, 1.807) is 6.07 Å². The highest BCUT2D eigenvalue weighted by molar-refractivity contribution is 5.94. The molecule has 8 nitrogen and oxygen atoms in total. The van der Waals surface area contributed by atoms with Gasteiger partial charge < -0.3 is 4.57 Å². The van der Waals surface area contributed by atoms with Gasteiger partial charge in [0.15, 0.2) is 0 Å². The lowest BCUT2D eigenvalue weighted by Crippen LogP contribution is -2.22. The van der Waals surface area contributed by atoms with Gasteiger partial charge in [-0.15, -0.1) is 0 Å². The largest absolute Gasteiger partial charge is 0.318 e. The Morgan fingerprint density at radius 3 is 2.82 bits per heavy atom. The van der Waals surface area contributed by atoms with Gasteiger partial charge in [-0.2, -0.15) is 5.10 Å². The van der Waals surface area contributed by atoms with Crippen molar-refractivity contribution in [1.29, 1.82) is 0 Å². The lowest BCUT2D eigenvalue weighted by molar-refractivity contribution is -0.384. The number of nitro benzene ring substituents is 1. The number of benzene rings is 1. The van der Waals surface area contributed by atoms with Crippen LogP contribution in [0, 0.1) is 10.1 Å². The van der Waals surface area contributed by atoms with Crippen molar-refractivity contribution in [1.82, 2.24) is 9.99 Å². The fraction of sp³-hybridized carbons (Fsp3) is 0.0714. The number of hydrogen-bond donors (Lipinski definition) is 1. The average molecular weight is 300 g/mol. The van der Waals surface area contributed by atoms with Gasteiger partial charge in [-0.25, -0.2) is 5.43 Å². The minimum atomic E-state index is -0.513. The molecule has 2 aromatic rings. The summed E-state index contributed by atoms with van der Waals surface area (Å²) in [5.41, 5.74) is 2.76. The van der Waals surface area contributed by atoms with Crippen molar-refractivity contribution >= 4 is 17.8 Å². The molecule has 0 atom stereocenters. The van der Waals surface area contributed by atoms with Crippen LogP contribution in [0.2, 0.25) is 0 Å². The highest BCUT2D eigenvalue weighted by atomic mass is 16.6. The minimum Gasteiger partial charge on any atom is -0.318 e. The van der Waals surface area contributed by atoms with Gasteiger partial charge in [0, 0.05) is 37.0 Å². The van der Waals surface area contributed by atoms with Gasteiger partial charge in [0.25, 0.3) is 11.6 Å². The zero-order chi connectivity index (χ0) is 16.1. The first kappa shape index (κ1) is 15.1. The van der Waals surface area contributed by atoms with E-state index >= 15 is 0 Å². The molecule has 0 saturated heterocycles. The van der Waals surface area contributed by atoms with Gasteiger partial charge in [-0.05, 0) is 6.07 Å². The maximum Gasteiger partial charge on any atom is 0.272 e. The van der Waals surface area contributed by atoms with Gasteiger partial charge >= 0.3 is 0 Å². The van der Waals surface area contributed by atoms with Crippen molar-refractivity contribution < 1.29 is 9.72 Å². The van der Waals surface area contributed by atoms with Crippen molar-refractivity contribution in [3.8, 4) is 0 Å². The Kier molecular flexibility index (Phi) is 4.42. The Bertz CT molecular complexity index is 810. The van der Waals surface area contributed by atoms with Crippen molar-refractivity contribution in [3.05, 3.63) is 74.2 Å². The first-order valence-electron chi connectivity index (χ1n) is 6.22. The van der Waals surface area contributed by atoms with Gasteiger partial charge in [0.05, 0.1) is 16.7 Å². The molecule has 0 aliphatic carbocycles. The molecule has 1 aromatic carbocycles. The maximum atomic E-state index is 11.8. The van der Waals surface area contributed by atoms with Crippen molar-refractivity contribution in [2.24, 2.45) is 12.1 Å². The van der Waals surface area contributed by atoms with E-state index < -0.39 is 10.8 Å². The van der Waals surface area contributed by atoms with Crippen LogP contribution in [0.1, 0.15) is 15.9 Å². The molecule has 1 heterocycles. The maximum absolute atomic E-state index is 11.8. The summed E-state index contributed by atoms with van der Waals surface area (Å²) in [7, 11) is 1.53. The van der Waals surface area contributed by atoms with E-state index in [-0.39, 0.29) is 16.8 Å². The number of hydrogen-bond acceptors (Lipinski definition) is 5. The van der Waals surface area contributed by atoms with Crippen molar-refractivity contribution in [2.45, 2.75) is 0 Å². The highest BCUT2D eigenvalue weighted by Gasteiger charge is 2.06. The summed E-state index contributed by atoms with van der Waals surface area (Å²) in [5, 5.41) is 14.4. The molecule has 112 valence electrons. The third-order valence-electron chi connectivity index (χ3n) is 2.81. The van der Waals surface area contributed by atoms with E-state index in [9.17, 15) is 19.7 Å². The number of non-ortho nitro benzene ring substituents is 1. The monoisotopic (exact) mass is 300 g/mol. The van der Waals surface area contributed by atoms with Gasteiger partial charge in [-0.1, -0.05) is 12.1 Å². The molecular formula is C14H12N4O4. The number of nitro groups is 1. The normalized spacial score (nSPS) is 10.6. The molecule has 0 radical (unpaired) electrons. The average Bonchev–Trinajstić information content (AvgIpc) is 2.50. The number of amides is 1. The molecule has 1 aromatic heterocycles. The number of pyridine rings is 1. The fourth-order valence-electron chi connectivity index (χ4n) is 1.68. The molecule has 22 heavy (non-hydrogen) atoms. The number of aromatic nitrogens is 1. The zero-order valence-electron chi connectivity index (χ0n) is 11.6. The number of nitrogens with zero attached hydrogens (tertiary/aromatic N) is 3. The second-order valence-electron chi connectivity index (χ2n) is 4.42. The molecule has 2 rings (SSSR count). The fourth-order valence-corrected chi connectivity index (χ4v) is 1.68. The summed E-state index contributed by atoms with van der Waals surface area (Å²) >= 11 is 0. The summed E-state index contributed by atoms with van der Waals surface area (Å²) in [5.74, 6) is -0.489. The van der Waals surface area contributed by atoms with Gasteiger partial charge in [-0.3, -0.25) is 19.7 Å². The lowest BCUT2D eigenvalue weighted by atomic mass is 10.2. The van der Waals surface area contributed by atoms with Crippen LogP contribution >= 0.6 is 0 Å². The second kappa shape index (κ2) is 6.44. The van der Waals surface area contributed by atoms with Crippen LogP contribution in [-0.4, -0.2) is 21.6 Å². The topological polar surface area (TPSA) is 107 Å². The summed E-state index contributed by atoms with van der Waals surface area (Å²) in [6.45, 7) is 0. The Hall–Kier alpha value is -3.29. The molecule has 0 bridgehead atoms. The molecule has 0 aliphatic heterocycles. The molecule has 0 aliphatic rings. The van der Waals surface area contributed by atoms with E-state index in [2.05, 4.69) is 10.5 Å². The number of rotatable bonds is 4. The SMILES string of the molecule is Cn1cc(C(=O)NN=Cc2cccc([N+](=O)[O-])c2)ccc1=O. The van der Waals surface area contributed by atoms with Crippen LogP contribution in [0.15, 0.2) is 52.5 Å². The predicted octanol–water partition coefficient (Wildman–Crippen LogP) is 1.06. The highest BCUT2D eigenvalue weighted by Crippen LogP contribution is 2.11. The standard InChI is InChI=1S/C14H12N4O4/c1-17-9-11(5-6-13(17)19)14(20)16-15-8-10-3-2-4-12(7-10)18(21)22/h2-9H,1H3,(H,16,20).